The third-order valence-corrected chi connectivity index (χ3v) is 10.2. The van der Waals surface area contributed by atoms with Gasteiger partial charge in [0.15, 0.2) is 11.6 Å². The van der Waals surface area contributed by atoms with E-state index in [1.165, 1.54) is 32.3 Å². The van der Waals surface area contributed by atoms with Gasteiger partial charge in [-0.3, -0.25) is 19.2 Å². The van der Waals surface area contributed by atoms with E-state index < -0.39 is 11.8 Å². The van der Waals surface area contributed by atoms with Gasteiger partial charge in [-0.25, -0.2) is 4.79 Å². The number of carbonyl (C=O) groups is 5. The van der Waals surface area contributed by atoms with Crippen molar-refractivity contribution in [2.75, 3.05) is 5.33 Å². The molecular weight excluding hydrogens is 512 g/mol. The first-order valence-electron chi connectivity index (χ1n) is 12.9. The number of alkyl halides is 1. The highest BCUT2D eigenvalue weighted by molar-refractivity contribution is 9.09. The fourth-order valence-corrected chi connectivity index (χ4v) is 7.90. The van der Waals surface area contributed by atoms with E-state index in [2.05, 4.69) is 35.9 Å². The standard InChI is InChI=1S/C24H33BrO4.C4H6O2/c1-14(26)18-6-7-19-17-5-4-15-12-16(29-22(28)21(27)13-25)8-10-23(15,2)20(17)9-11-24(18,19)3;1-3(5)4(2)6/h4,16-20H,5-13H2,1-3H3;1-2H3/t16-,17-,18+,19-,20-,23-,24+;/m0./s1. The van der Waals surface area contributed by atoms with E-state index in [1.807, 2.05) is 0 Å². The van der Waals surface area contributed by atoms with Crippen molar-refractivity contribution in [3.8, 4) is 0 Å². The summed E-state index contributed by atoms with van der Waals surface area (Å²) in [6.07, 6.45) is 10.5. The molecule has 4 aliphatic carbocycles. The number of Topliss-reactive ketones (excluding diaryl/α,β-unsaturated/α-hetero) is 4. The van der Waals surface area contributed by atoms with Crippen LogP contribution in [0.5, 0.6) is 0 Å². The van der Waals surface area contributed by atoms with Crippen molar-refractivity contribution >= 4 is 45.0 Å². The van der Waals surface area contributed by atoms with Gasteiger partial charge in [-0.2, -0.15) is 0 Å². The highest BCUT2D eigenvalue weighted by atomic mass is 79.9. The van der Waals surface area contributed by atoms with Gasteiger partial charge in [0.2, 0.25) is 0 Å². The Kier molecular flexibility index (Phi) is 8.61. The van der Waals surface area contributed by atoms with Gasteiger partial charge >= 0.3 is 5.97 Å². The lowest BCUT2D eigenvalue weighted by atomic mass is 9.47. The van der Waals surface area contributed by atoms with Gasteiger partial charge in [0.25, 0.3) is 5.78 Å². The molecule has 0 radical (unpaired) electrons. The van der Waals surface area contributed by atoms with Crippen LogP contribution >= 0.6 is 15.9 Å². The second-order valence-electron chi connectivity index (χ2n) is 11.5. The van der Waals surface area contributed by atoms with E-state index in [-0.39, 0.29) is 39.7 Å². The molecule has 0 saturated heterocycles. The summed E-state index contributed by atoms with van der Waals surface area (Å²) in [6.45, 7) is 9.08. The summed E-state index contributed by atoms with van der Waals surface area (Å²) in [4.78, 5) is 55.3. The minimum atomic E-state index is -0.709. The molecule has 4 aliphatic rings. The largest absolute Gasteiger partial charge is 0.456 e. The van der Waals surface area contributed by atoms with E-state index in [9.17, 15) is 24.0 Å². The van der Waals surface area contributed by atoms with Crippen molar-refractivity contribution < 1.29 is 28.7 Å². The summed E-state index contributed by atoms with van der Waals surface area (Å²) in [7, 11) is 0. The fourth-order valence-electron chi connectivity index (χ4n) is 7.67. The topological polar surface area (TPSA) is 94.6 Å². The number of carbonyl (C=O) groups excluding carboxylic acids is 5. The van der Waals surface area contributed by atoms with Crippen LogP contribution in [-0.2, 0) is 28.7 Å². The van der Waals surface area contributed by atoms with Crippen LogP contribution in [0.4, 0.5) is 0 Å². The summed E-state index contributed by atoms with van der Waals surface area (Å²) in [5.41, 5.74) is 1.78. The Morgan fingerprint density at radius 2 is 1.60 bits per heavy atom. The number of rotatable bonds is 5. The maximum atomic E-state index is 12.3. The number of ether oxygens (including phenoxy) is 1. The number of halogens is 1. The first kappa shape index (κ1) is 27.9. The van der Waals surface area contributed by atoms with Crippen LogP contribution in [0.15, 0.2) is 11.6 Å². The highest BCUT2D eigenvalue weighted by Gasteiger charge is 2.59. The summed E-state index contributed by atoms with van der Waals surface area (Å²) in [5.74, 6) is 0.624. The highest BCUT2D eigenvalue weighted by Crippen LogP contribution is 2.66. The number of hydrogen-bond donors (Lipinski definition) is 0. The summed E-state index contributed by atoms with van der Waals surface area (Å²) in [5, 5.41) is 0.0180. The van der Waals surface area contributed by atoms with E-state index >= 15 is 0 Å². The number of hydrogen-bond acceptors (Lipinski definition) is 6. The molecule has 0 aliphatic heterocycles. The number of ketones is 4. The molecule has 3 fully saturated rings. The second kappa shape index (κ2) is 10.8. The van der Waals surface area contributed by atoms with Gasteiger partial charge in [-0.1, -0.05) is 41.4 Å². The van der Waals surface area contributed by atoms with E-state index in [0.717, 1.165) is 38.5 Å². The molecule has 0 aromatic carbocycles. The molecule has 0 aromatic rings. The Labute approximate surface area is 217 Å². The van der Waals surface area contributed by atoms with Gasteiger partial charge in [-0.05, 0) is 80.5 Å². The molecule has 3 saturated carbocycles. The zero-order valence-electron chi connectivity index (χ0n) is 21.7. The molecule has 35 heavy (non-hydrogen) atoms. The van der Waals surface area contributed by atoms with E-state index in [0.29, 0.717) is 23.5 Å². The minimum absolute atomic E-state index is 0.0180. The Balaban J connectivity index is 0.000000509. The zero-order valence-corrected chi connectivity index (χ0v) is 23.2. The average Bonchev–Trinajstić information content (AvgIpc) is 3.16. The Morgan fingerprint density at radius 1 is 0.943 bits per heavy atom. The predicted octanol–water partition coefficient (Wildman–Crippen LogP) is 5.19. The SMILES string of the molecule is CC(=O)C(C)=O.CC(=O)[C@H]1CC[C@H]2[C@@H]3CC=C4C[C@@H](OC(=O)C(=O)CBr)CC[C@]4(C)[C@H]3CC[C@]12C. The van der Waals surface area contributed by atoms with Crippen molar-refractivity contribution in [3.63, 3.8) is 0 Å². The summed E-state index contributed by atoms with van der Waals surface area (Å²) >= 11 is 3.04. The maximum absolute atomic E-state index is 12.3. The van der Waals surface area contributed by atoms with Gasteiger partial charge in [0, 0.05) is 26.2 Å². The fraction of sp³-hybridized carbons (Fsp3) is 0.750. The molecule has 6 nitrogen and oxygen atoms in total. The Hall–Kier alpha value is -1.63. The van der Waals surface area contributed by atoms with Crippen molar-refractivity contribution in [2.24, 2.45) is 34.5 Å². The van der Waals surface area contributed by atoms with E-state index in [1.54, 1.807) is 6.92 Å². The van der Waals surface area contributed by atoms with Crippen LogP contribution in [-0.4, -0.2) is 40.5 Å². The van der Waals surface area contributed by atoms with Gasteiger partial charge in [-0.15, -0.1) is 0 Å². The van der Waals surface area contributed by atoms with Crippen LogP contribution in [0.25, 0.3) is 0 Å². The summed E-state index contributed by atoms with van der Waals surface area (Å²) in [6, 6.07) is 0. The lowest BCUT2D eigenvalue weighted by Crippen LogP contribution is -2.51. The Bertz CT molecular complexity index is 926. The van der Waals surface area contributed by atoms with Crippen LogP contribution in [0.2, 0.25) is 0 Å². The van der Waals surface area contributed by atoms with Gasteiger partial charge in [0.05, 0.1) is 5.33 Å². The van der Waals surface area contributed by atoms with E-state index in [4.69, 9.17) is 4.74 Å². The van der Waals surface area contributed by atoms with Crippen molar-refractivity contribution in [2.45, 2.75) is 92.1 Å². The molecule has 0 bridgehead atoms. The lowest BCUT2D eigenvalue weighted by molar-refractivity contribution is -0.158. The van der Waals surface area contributed by atoms with Crippen LogP contribution in [0, 0.1) is 34.5 Å². The lowest BCUT2D eigenvalue weighted by Gasteiger charge is -2.58. The first-order chi connectivity index (χ1) is 16.3. The minimum Gasteiger partial charge on any atom is -0.456 e. The van der Waals surface area contributed by atoms with Crippen molar-refractivity contribution in [1.82, 2.24) is 0 Å². The molecule has 0 amide bonds. The first-order valence-corrected chi connectivity index (χ1v) is 14.0. The predicted molar refractivity (Wildman–Crippen MR) is 136 cm³/mol. The molecule has 7 atom stereocenters. The number of allylic oxidation sites excluding steroid dienone is 1. The normalized spacial score (nSPS) is 37.3. The quantitative estimate of drug-likeness (QED) is 0.202. The monoisotopic (exact) mass is 550 g/mol. The molecule has 0 heterocycles. The third-order valence-electron chi connectivity index (χ3n) is 9.67. The van der Waals surface area contributed by atoms with Crippen LogP contribution in [0.3, 0.4) is 0 Å². The smallest absolute Gasteiger partial charge is 0.375 e. The molecule has 0 N–H and O–H groups in total. The maximum Gasteiger partial charge on any atom is 0.375 e. The molecule has 194 valence electrons. The average molecular weight is 552 g/mol. The molecule has 4 rings (SSSR count). The number of esters is 1. The summed E-state index contributed by atoms with van der Waals surface area (Å²) < 4.78 is 5.50. The third kappa shape index (κ3) is 5.40. The molecule has 7 heteroatoms. The van der Waals surface area contributed by atoms with Crippen LogP contribution in [0.1, 0.15) is 86.0 Å². The molecular formula is C28H39BrO6. The molecule has 0 unspecified atom stereocenters. The molecule has 0 spiro atoms. The Morgan fingerprint density at radius 3 is 2.17 bits per heavy atom. The zero-order chi connectivity index (χ0) is 26.1. The van der Waals surface area contributed by atoms with Crippen LogP contribution < -0.4 is 0 Å². The second-order valence-corrected chi connectivity index (χ2v) is 12.0. The molecule has 0 aromatic heterocycles. The van der Waals surface area contributed by atoms with Crippen molar-refractivity contribution in [3.05, 3.63) is 11.6 Å². The van der Waals surface area contributed by atoms with Gasteiger partial charge in [0.1, 0.15) is 11.9 Å². The van der Waals surface area contributed by atoms with Gasteiger partial charge < -0.3 is 4.74 Å². The van der Waals surface area contributed by atoms with Crippen molar-refractivity contribution in [1.29, 1.82) is 0 Å². The number of fused-ring (bicyclic) bond motifs is 5.